The van der Waals surface area contributed by atoms with Gasteiger partial charge in [-0.05, 0) is 31.7 Å². The zero-order valence-corrected chi connectivity index (χ0v) is 11.8. The molecule has 1 aromatic carbocycles. The number of nitro groups is 1. The molecule has 2 atom stereocenters. The maximum absolute atomic E-state index is 13.5. The van der Waals surface area contributed by atoms with E-state index in [1.807, 2.05) is 0 Å². The van der Waals surface area contributed by atoms with Gasteiger partial charge in [0.15, 0.2) is 0 Å². The largest absolute Gasteiger partial charge is 0.393 e. The van der Waals surface area contributed by atoms with Crippen LogP contribution in [0.1, 0.15) is 25.7 Å². The molecule has 0 spiro atoms. The Kier molecular flexibility index (Phi) is 4.55. The molecule has 7 nitrogen and oxygen atoms in total. The summed E-state index contributed by atoms with van der Waals surface area (Å²) in [7, 11) is -3.97. The molecule has 2 unspecified atom stereocenters. The normalized spacial score (nSPS) is 23.0. The molecule has 0 bridgehead atoms. The summed E-state index contributed by atoms with van der Waals surface area (Å²) in [4.78, 5) is 9.22. The minimum Gasteiger partial charge on any atom is -0.393 e. The van der Waals surface area contributed by atoms with Gasteiger partial charge in [0.2, 0.25) is 15.8 Å². The minimum absolute atomic E-state index is 0.300. The fraction of sp³-hybridized carbons (Fsp3) is 0.500. The molecule has 1 aliphatic carbocycles. The SMILES string of the molecule is O=[N+]([O-])c1ccc(S(=O)(=O)NC2CCCC(O)C2)cc1F. The van der Waals surface area contributed by atoms with Gasteiger partial charge in [0.1, 0.15) is 0 Å². The van der Waals surface area contributed by atoms with Crippen LogP contribution < -0.4 is 4.72 Å². The van der Waals surface area contributed by atoms with Crippen molar-refractivity contribution in [3.05, 3.63) is 34.1 Å². The van der Waals surface area contributed by atoms with E-state index in [1.54, 1.807) is 0 Å². The van der Waals surface area contributed by atoms with Crippen molar-refractivity contribution in [1.82, 2.24) is 4.72 Å². The lowest BCUT2D eigenvalue weighted by atomic mass is 9.94. The number of aliphatic hydroxyl groups is 1. The molecule has 0 radical (unpaired) electrons. The fourth-order valence-electron chi connectivity index (χ4n) is 2.36. The Hall–Kier alpha value is -1.58. The average Bonchev–Trinajstić information content (AvgIpc) is 2.37. The maximum atomic E-state index is 13.5. The molecule has 0 aromatic heterocycles. The van der Waals surface area contributed by atoms with Crippen LogP contribution in [0.4, 0.5) is 10.1 Å². The summed E-state index contributed by atoms with van der Waals surface area (Å²) in [6, 6.07) is 2.01. The zero-order valence-electron chi connectivity index (χ0n) is 11.0. The summed E-state index contributed by atoms with van der Waals surface area (Å²) in [6.07, 6.45) is 1.66. The highest BCUT2D eigenvalue weighted by molar-refractivity contribution is 7.89. The van der Waals surface area contributed by atoms with E-state index in [-0.39, 0.29) is 4.90 Å². The van der Waals surface area contributed by atoms with Gasteiger partial charge >= 0.3 is 5.69 Å². The number of rotatable bonds is 4. The Morgan fingerprint density at radius 2 is 2.10 bits per heavy atom. The molecule has 21 heavy (non-hydrogen) atoms. The summed E-state index contributed by atoms with van der Waals surface area (Å²) >= 11 is 0. The molecule has 116 valence electrons. The molecule has 0 heterocycles. The van der Waals surface area contributed by atoms with Gasteiger partial charge in [-0.1, -0.05) is 0 Å². The Balaban J connectivity index is 2.19. The van der Waals surface area contributed by atoms with Crippen molar-refractivity contribution in [2.45, 2.75) is 42.7 Å². The van der Waals surface area contributed by atoms with Gasteiger partial charge in [-0.3, -0.25) is 10.1 Å². The standard InChI is InChI=1S/C12H15FN2O5S/c13-11-7-10(4-5-12(11)15(17)18)21(19,20)14-8-2-1-3-9(16)6-8/h4-5,7-9,14,16H,1-3,6H2. The van der Waals surface area contributed by atoms with Gasteiger partial charge in [0, 0.05) is 18.2 Å². The van der Waals surface area contributed by atoms with Gasteiger partial charge in [0.05, 0.1) is 15.9 Å². The summed E-state index contributed by atoms with van der Waals surface area (Å²) < 4.78 is 40.1. The molecule has 1 aliphatic rings. The van der Waals surface area contributed by atoms with Gasteiger partial charge in [0.25, 0.3) is 0 Å². The second kappa shape index (κ2) is 6.04. The monoisotopic (exact) mass is 318 g/mol. The quantitative estimate of drug-likeness (QED) is 0.642. The van der Waals surface area contributed by atoms with Crippen LogP contribution in [0.25, 0.3) is 0 Å². The first-order chi connectivity index (χ1) is 9.79. The van der Waals surface area contributed by atoms with E-state index in [4.69, 9.17) is 0 Å². The number of nitro benzene ring substituents is 1. The number of benzene rings is 1. The van der Waals surface area contributed by atoms with Gasteiger partial charge in [-0.2, -0.15) is 4.39 Å². The third-order valence-electron chi connectivity index (χ3n) is 3.39. The van der Waals surface area contributed by atoms with Crippen LogP contribution in [0.5, 0.6) is 0 Å². The van der Waals surface area contributed by atoms with Crippen LogP contribution in [-0.2, 0) is 10.0 Å². The Morgan fingerprint density at radius 1 is 1.38 bits per heavy atom. The number of sulfonamides is 1. The lowest BCUT2D eigenvalue weighted by molar-refractivity contribution is -0.387. The van der Waals surface area contributed by atoms with Crippen LogP contribution in [0, 0.1) is 15.9 Å². The van der Waals surface area contributed by atoms with E-state index >= 15 is 0 Å². The van der Waals surface area contributed by atoms with Crippen molar-refractivity contribution in [3.63, 3.8) is 0 Å². The highest BCUT2D eigenvalue weighted by Crippen LogP contribution is 2.23. The van der Waals surface area contributed by atoms with Crippen LogP contribution in [0.15, 0.2) is 23.1 Å². The number of halogens is 1. The van der Waals surface area contributed by atoms with E-state index in [0.717, 1.165) is 12.1 Å². The molecule has 0 amide bonds. The van der Waals surface area contributed by atoms with E-state index in [9.17, 15) is 28.0 Å². The second-order valence-corrected chi connectivity index (χ2v) is 6.72. The first-order valence-electron chi connectivity index (χ1n) is 6.44. The van der Waals surface area contributed by atoms with Crippen LogP contribution >= 0.6 is 0 Å². The molecule has 9 heteroatoms. The van der Waals surface area contributed by atoms with E-state index in [1.165, 1.54) is 0 Å². The summed E-state index contributed by atoms with van der Waals surface area (Å²) in [5.74, 6) is -1.20. The summed E-state index contributed by atoms with van der Waals surface area (Å²) in [5, 5.41) is 20.0. The number of hydrogen-bond donors (Lipinski definition) is 2. The van der Waals surface area contributed by atoms with Crippen molar-refractivity contribution >= 4 is 15.7 Å². The molecule has 1 aromatic rings. The Morgan fingerprint density at radius 3 is 2.67 bits per heavy atom. The lowest BCUT2D eigenvalue weighted by Crippen LogP contribution is -2.39. The van der Waals surface area contributed by atoms with Crippen LogP contribution in [0.3, 0.4) is 0 Å². The highest BCUT2D eigenvalue weighted by Gasteiger charge is 2.27. The van der Waals surface area contributed by atoms with Gasteiger partial charge in [-0.15, -0.1) is 0 Å². The number of nitrogens with one attached hydrogen (secondary N) is 1. The first-order valence-corrected chi connectivity index (χ1v) is 7.92. The fourth-order valence-corrected chi connectivity index (χ4v) is 3.66. The van der Waals surface area contributed by atoms with E-state index < -0.39 is 38.6 Å². The molecule has 2 N–H and O–H groups in total. The second-order valence-electron chi connectivity index (χ2n) is 5.01. The van der Waals surface area contributed by atoms with Crippen molar-refractivity contribution in [2.75, 3.05) is 0 Å². The topological polar surface area (TPSA) is 110 Å². The predicted octanol–water partition coefficient (Wildman–Crippen LogP) is 1.32. The average molecular weight is 318 g/mol. The molecule has 1 fully saturated rings. The molecule has 0 saturated heterocycles. The highest BCUT2D eigenvalue weighted by atomic mass is 32.2. The number of aliphatic hydroxyl groups excluding tert-OH is 1. The third-order valence-corrected chi connectivity index (χ3v) is 4.91. The zero-order chi connectivity index (χ0) is 15.6. The summed E-state index contributed by atoms with van der Waals surface area (Å²) in [6.45, 7) is 0. The minimum atomic E-state index is -3.97. The van der Waals surface area contributed by atoms with Crippen molar-refractivity contribution in [2.24, 2.45) is 0 Å². The van der Waals surface area contributed by atoms with Crippen molar-refractivity contribution < 1.29 is 22.8 Å². The summed E-state index contributed by atoms with van der Waals surface area (Å²) in [5.41, 5.74) is -0.776. The van der Waals surface area contributed by atoms with Crippen LogP contribution in [-0.4, -0.2) is 30.6 Å². The molecule has 0 aliphatic heterocycles. The molecular formula is C12H15FN2O5S. The predicted molar refractivity (Wildman–Crippen MR) is 71.6 cm³/mol. The Bertz CT molecular complexity index is 649. The van der Waals surface area contributed by atoms with Crippen molar-refractivity contribution in [1.29, 1.82) is 0 Å². The van der Waals surface area contributed by atoms with E-state index in [0.29, 0.717) is 31.7 Å². The van der Waals surface area contributed by atoms with Gasteiger partial charge in [-0.25, -0.2) is 13.1 Å². The van der Waals surface area contributed by atoms with Crippen molar-refractivity contribution in [3.8, 4) is 0 Å². The lowest BCUT2D eigenvalue weighted by Gasteiger charge is -2.26. The molecular weight excluding hydrogens is 303 g/mol. The number of nitrogens with zero attached hydrogens (tertiary/aromatic N) is 1. The molecule has 2 rings (SSSR count). The van der Waals surface area contributed by atoms with Gasteiger partial charge < -0.3 is 5.11 Å². The Labute approximate surface area is 121 Å². The number of hydrogen-bond acceptors (Lipinski definition) is 5. The molecule has 1 saturated carbocycles. The third kappa shape index (κ3) is 3.74. The van der Waals surface area contributed by atoms with Crippen LogP contribution in [0.2, 0.25) is 0 Å². The first kappa shape index (κ1) is 15.8. The maximum Gasteiger partial charge on any atom is 0.304 e. The smallest absolute Gasteiger partial charge is 0.304 e. The van der Waals surface area contributed by atoms with E-state index in [2.05, 4.69) is 4.72 Å².